The summed E-state index contributed by atoms with van der Waals surface area (Å²) in [4.78, 5) is 10.4. The average molecular weight is 329 g/mol. The van der Waals surface area contributed by atoms with Crippen LogP contribution >= 0.6 is 15.9 Å². The molecule has 1 aromatic carbocycles. The maximum Gasteiger partial charge on any atom is 0.414 e. The number of fused-ring (bicyclic) bond motifs is 1. The van der Waals surface area contributed by atoms with Crippen LogP contribution in [0.1, 0.15) is 13.8 Å². The highest BCUT2D eigenvalue weighted by Crippen LogP contribution is 2.33. The Kier molecular flexibility index (Phi) is 3.61. The molecule has 0 aliphatic rings. The van der Waals surface area contributed by atoms with Crippen molar-refractivity contribution >= 4 is 38.3 Å². The van der Waals surface area contributed by atoms with Gasteiger partial charge in [0.15, 0.2) is 0 Å². The zero-order chi connectivity index (χ0) is 14.2. The second-order valence-electron chi connectivity index (χ2n) is 4.24. The average Bonchev–Trinajstić information content (AvgIpc) is 2.30. The van der Waals surface area contributed by atoms with Crippen molar-refractivity contribution in [1.29, 1.82) is 0 Å². The van der Waals surface area contributed by atoms with Gasteiger partial charge in [-0.2, -0.15) is 0 Å². The molecule has 0 amide bonds. The molecule has 2 aromatic rings. The highest BCUT2D eigenvalue weighted by molar-refractivity contribution is 9.10. The van der Waals surface area contributed by atoms with Crippen LogP contribution in [-0.2, 0) is 0 Å². The fourth-order valence-electron chi connectivity index (χ4n) is 1.65. The number of aromatic nitrogens is 2. The van der Waals surface area contributed by atoms with Gasteiger partial charge >= 0.3 is 5.82 Å². The van der Waals surface area contributed by atoms with Crippen LogP contribution in [0.3, 0.4) is 0 Å². The fourth-order valence-corrected chi connectivity index (χ4v) is 1.99. The summed E-state index contributed by atoms with van der Waals surface area (Å²) in [5.41, 5.74) is 0.500. The molecule has 0 saturated heterocycles. The smallest absolute Gasteiger partial charge is 0.375 e. The topological polar surface area (TPSA) is 81.0 Å². The normalized spacial score (nSPS) is 11.0. The van der Waals surface area contributed by atoms with Gasteiger partial charge in [-0.15, -0.1) is 0 Å². The van der Waals surface area contributed by atoms with Crippen LogP contribution in [0.25, 0.3) is 10.9 Å². The lowest BCUT2D eigenvalue weighted by Gasteiger charge is -2.11. The molecule has 0 unspecified atom stereocenters. The summed E-state index contributed by atoms with van der Waals surface area (Å²) in [7, 11) is 0. The third-order valence-corrected chi connectivity index (χ3v) is 3.00. The van der Waals surface area contributed by atoms with E-state index >= 15 is 0 Å². The molecule has 19 heavy (non-hydrogen) atoms. The van der Waals surface area contributed by atoms with Crippen molar-refractivity contribution in [2.24, 2.45) is 0 Å². The molecular formula is C11H10BrFN4O2. The Morgan fingerprint density at radius 2 is 2.11 bits per heavy atom. The van der Waals surface area contributed by atoms with E-state index in [4.69, 9.17) is 0 Å². The largest absolute Gasteiger partial charge is 0.414 e. The van der Waals surface area contributed by atoms with Crippen LogP contribution in [-0.4, -0.2) is 21.2 Å². The Hall–Kier alpha value is -1.83. The van der Waals surface area contributed by atoms with E-state index in [1.165, 1.54) is 12.1 Å². The second-order valence-corrected chi connectivity index (χ2v) is 5.09. The summed E-state index contributed by atoms with van der Waals surface area (Å²) in [6.07, 6.45) is 0. The number of anilines is 1. The molecule has 0 bridgehead atoms. The molecule has 1 aromatic heterocycles. The molecule has 0 radical (unpaired) electrons. The maximum atomic E-state index is 13.4. The fraction of sp³-hybridized carbons (Fsp3) is 0.273. The predicted octanol–water partition coefficient (Wildman–Crippen LogP) is 3.26. The molecule has 0 fully saturated rings. The van der Waals surface area contributed by atoms with Gasteiger partial charge in [0.05, 0.1) is 9.57 Å². The Balaban J connectivity index is 2.78. The molecule has 0 aliphatic heterocycles. The van der Waals surface area contributed by atoms with E-state index in [1.54, 1.807) is 0 Å². The molecule has 2 rings (SSSR count). The maximum absolute atomic E-state index is 13.4. The van der Waals surface area contributed by atoms with Gasteiger partial charge in [-0.25, -0.2) is 4.39 Å². The van der Waals surface area contributed by atoms with E-state index in [0.717, 1.165) is 0 Å². The van der Waals surface area contributed by atoms with Gasteiger partial charge in [0.1, 0.15) is 17.0 Å². The van der Waals surface area contributed by atoms with Crippen molar-refractivity contribution < 1.29 is 9.31 Å². The molecule has 100 valence electrons. The lowest BCUT2D eigenvalue weighted by atomic mass is 10.2. The summed E-state index contributed by atoms with van der Waals surface area (Å²) in [5, 5.41) is 21.6. The molecule has 0 aliphatic carbocycles. The van der Waals surface area contributed by atoms with E-state index < -0.39 is 10.7 Å². The predicted molar refractivity (Wildman–Crippen MR) is 72.6 cm³/mol. The van der Waals surface area contributed by atoms with Crippen LogP contribution in [0.15, 0.2) is 16.6 Å². The number of nitro groups is 1. The first-order valence-corrected chi connectivity index (χ1v) is 6.26. The summed E-state index contributed by atoms with van der Waals surface area (Å²) < 4.78 is 13.6. The summed E-state index contributed by atoms with van der Waals surface area (Å²) >= 11 is 3.06. The van der Waals surface area contributed by atoms with E-state index in [1.807, 2.05) is 13.8 Å². The third kappa shape index (κ3) is 2.62. The molecule has 0 spiro atoms. The van der Waals surface area contributed by atoms with Crippen molar-refractivity contribution in [3.63, 3.8) is 0 Å². The zero-order valence-corrected chi connectivity index (χ0v) is 11.7. The van der Waals surface area contributed by atoms with Crippen LogP contribution in [0.5, 0.6) is 0 Å². The van der Waals surface area contributed by atoms with Gasteiger partial charge in [0.2, 0.25) is 0 Å². The van der Waals surface area contributed by atoms with Crippen molar-refractivity contribution in [2.45, 2.75) is 19.9 Å². The first-order valence-electron chi connectivity index (χ1n) is 5.46. The number of hydrogen-bond acceptors (Lipinski definition) is 5. The number of hydrogen-bond donors (Lipinski definition) is 1. The van der Waals surface area contributed by atoms with Gasteiger partial charge in [0, 0.05) is 17.5 Å². The van der Waals surface area contributed by atoms with E-state index in [0.29, 0.717) is 5.39 Å². The minimum atomic E-state index is -0.617. The van der Waals surface area contributed by atoms with Crippen molar-refractivity contribution in [3.05, 3.63) is 32.5 Å². The number of nitrogens with zero attached hydrogens (tertiary/aromatic N) is 3. The molecule has 0 saturated carbocycles. The second kappa shape index (κ2) is 5.04. The number of nitrogens with one attached hydrogen (secondary N) is 1. The molecule has 8 heteroatoms. The molecular weight excluding hydrogens is 319 g/mol. The SMILES string of the molecule is CC(C)Nc1c([N+](=O)[O-])nnc2cc(F)c(Br)cc12. The van der Waals surface area contributed by atoms with E-state index in [9.17, 15) is 14.5 Å². The molecule has 1 heterocycles. The van der Waals surface area contributed by atoms with Gasteiger partial charge in [-0.1, -0.05) is 0 Å². The number of benzene rings is 1. The van der Waals surface area contributed by atoms with Crippen molar-refractivity contribution in [3.8, 4) is 0 Å². The molecule has 1 N–H and O–H groups in total. The molecule has 0 atom stereocenters. The Morgan fingerprint density at radius 3 is 2.68 bits per heavy atom. The molecule has 6 nitrogen and oxygen atoms in total. The first kappa shape index (κ1) is 13.6. The van der Waals surface area contributed by atoms with Gasteiger partial charge in [0.25, 0.3) is 0 Å². The summed E-state index contributed by atoms with van der Waals surface area (Å²) in [5.74, 6) is -0.870. The van der Waals surface area contributed by atoms with Crippen molar-refractivity contribution in [1.82, 2.24) is 10.2 Å². The summed E-state index contributed by atoms with van der Waals surface area (Å²) in [6, 6.07) is 2.61. The quantitative estimate of drug-likeness (QED) is 0.690. The van der Waals surface area contributed by atoms with Gasteiger partial charge in [-0.3, -0.25) is 0 Å². The lowest BCUT2D eigenvalue weighted by molar-refractivity contribution is -0.389. The minimum absolute atomic E-state index is 0.0325. The number of halogens is 2. The third-order valence-electron chi connectivity index (χ3n) is 2.39. The highest BCUT2D eigenvalue weighted by atomic mass is 79.9. The standard InChI is InChI=1S/C11H10BrFN4O2/c1-5(2)14-10-6-3-7(12)8(13)4-9(6)15-16-11(10)17(18)19/h3-5H,1-2H3,(H,14,15). The van der Waals surface area contributed by atoms with Gasteiger partial charge < -0.3 is 15.4 Å². The van der Waals surface area contributed by atoms with E-state index in [2.05, 4.69) is 31.4 Å². The summed E-state index contributed by atoms with van der Waals surface area (Å²) in [6.45, 7) is 3.68. The minimum Gasteiger partial charge on any atom is -0.375 e. The van der Waals surface area contributed by atoms with Crippen molar-refractivity contribution in [2.75, 3.05) is 5.32 Å². The monoisotopic (exact) mass is 328 g/mol. The van der Waals surface area contributed by atoms with Crippen LogP contribution in [0, 0.1) is 15.9 Å². The van der Waals surface area contributed by atoms with Crippen LogP contribution in [0.2, 0.25) is 0 Å². The van der Waals surface area contributed by atoms with Crippen LogP contribution < -0.4 is 5.32 Å². The van der Waals surface area contributed by atoms with Gasteiger partial charge in [-0.05, 0) is 45.9 Å². The number of rotatable bonds is 3. The lowest BCUT2D eigenvalue weighted by Crippen LogP contribution is -2.13. The van der Waals surface area contributed by atoms with E-state index in [-0.39, 0.29) is 27.5 Å². The zero-order valence-electron chi connectivity index (χ0n) is 10.1. The van der Waals surface area contributed by atoms with Crippen LogP contribution in [0.4, 0.5) is 15.9 Å². The first-order chi connectivity index (χ1) is 8.90. The Morgan fingerprint density at radius 1 is 1.42 bits per heavy atom. The highest BCUT2D eigenvalue weighted by Gasteiger charge is 2.22. The Labute approximate surface area is 116 Å². The Bertz CT molecular complexity index is 663.